The van der Waals surface area contributed by atoms with Crippen molar-refractivity contribution in [3.8, 4) is 5.69 Å². The zero-order valence-corrected chi connectivity index (χ0v) is 20.6. The van der Waals surface area contributed by atoms with E-state index in [0.717, 1.165) is 24.0 Å². The number of carbonyl (C=O) groups is 2. The number of aryl methyl sites for hydroxylation is 1. The Morgan fingerprint density at radius 2 is 1.81 bits per heavy atom. The molecule has 5 heterocycles. The lowest BCUT2D eigenvalue weighted by Crippen LogP contribution is -2.64. The Bertz CT molecular complexity index is 1420. The molecule has 0 N–H and O–H groups in total. The molecule has 8 nitrogen and oxygen atoms in total. The maximum absolute atomic E-state index is 13.8. The van der Waals surface area contributed by atoms with Crippen molar-refractivity contribution in [2.45, 2.75) is 13.0 Å². The van der Waals surface area contributed by atoms with Gasteiger partial charge in [0.25, 0.3) is 11.8 Å². The van der Waals surface area contributed by atoms with Gasteiger partial charge in [-0.25, -0.2) is 9.97 Å². The van der Waals surface area contributed by atoms with E-state index in [-0.39, 0.29) is 11.8 Å². The smallest absolute Gasteiger partial charge is 0.282 e. The van der Waals surface area contributed by atoms with Crippen LogP contribution in [0.5, 0.6) is 0 Å². The van der Waals surface area contributed by atoms with Gasteiger partial charge in [0.2, 0.25) is 5.95 Å². The second-order valence-electron chi connectivity index (χ2n) is 9.28. The summed E-state index contributed by atoms with van der Waals surface area (Å²) < 4.78 is 15.7. The van der Waals surface area contributed by atoms with Crippen LogP contribution in [-0.4, -0.2) is 86.4 Å². The van der Waals surface area contributed by atoms with Crippen molar-refractivity contribution in [2.75, 3.05) is 39.3 Å². The summed E-state index contributed by atoms with van der Waals surface area (Å²) in [5.41, 5.74) is 2.87. The molecule has 3 aromatic heterocycles. The average Bonchev–Trinajstić information content (AvgIpc) is 3.52. The Kier molecular flexibility index (Phi) is 5.77. The van der Waals surface area contributed by atoms with Crippen molar-refractivity contribution >= 4 is 34.1 Å². The zero-order chi connectivity index (χ0) is 24.8. The molecular weight excluding hydrogens is 479 g/mol. The van der Waals surface area contributed by atoms with Crippen LogP contribution in [0.25, 0.3) is 16.6 Å². The summed E-state index contributed by atoms with van der Waals surface area (Å²) in [7, 11) is 0. The molecule has 2 amide bonds. The van der Waals surface area contributed by atoms with Gasteiger partial charge < -0.3 is 14.4 Å². The summed E-state index contributed by atoms with van der Waals surface area (Å²) in [5, 5.41) is 3.28. The summed E-state index contributed by atoms with van der Waals surface area (Å²) in [5.74, 6) is -0.494. The Hall–Kier alpha value is -3.63. The molecule has 2 saturated heterocycles. The quantitative estimate of drug-likeness (QED) is 0.399. The van der Waals surface area contributed by atoms with E-state index in [2.05, 4.69) is 14.9 Å². The van der Waals surface area contributed by atoms with Gasteiger partial charge in [-0.1, -0.05) is 0 Å². The van der Waals surface area contributed by atoms with Crippen molar-refractivity contribution in [3.63, 3.8) is 0 Å². The third kappa shape index (κ3) is 4.16. The summed E-state index contributed by atoms with van der Waals surface area (Å²) in [6.45, 7) is 6.10. The van der Waals surface area contributed by atoms with Crippen LogP contribution in [0.15, 0.2) is 54.2 Å². The standard InChI is InChI=1S/C26H25FN6O2S/c1-17-12-20(14-23(27)29-17)33-6-4-18-13-19(2-3-22(18)33)25(34)32-15-21(16-32)30-7-9-31(10-8-30)26(35)24-28-5-11-36-24/h2-6,11-14,21H,7-10,15-16H2,1H3. The first kappa shape index (κ1) is 22.8. The molecule has 0 saturated carbocycles. The minimum Gasteiger partial charge on any atom is -0.335 e. The molecule has 36 heavy (non-hydrogen) atoms. The molecule has 0 spiro atoms. The van der Waals surface area contributed by atoms with Crippen LogP contribution in [-0.2, 0) is 0 Å². The second kappa shape index (κ2) is 9.11. The Morgan fingerprint density at radius 3 is 2.53 bits per heavy atom. The fraction of sp³-hybridized carbons (Fsp3) is 0.308. The molecular formula is C26H25FN6O2S. The molecule has 4 aromatic rings. The first-order chi connectivity index (χ1) is 17.5. The number of pyridine rings is 1. The summed E-state index contributed by atoms with van der Waals surface area (Å²) in [4.78, 5) is 39.7. The number of hydrogen-bond donors (Lipinski definition) is 0. The van der Waals surface area contributed by atoms with Gasteiger partial charge in [0.1, 0.15) is 0 Å². The van der Waals surface area contributed by atoms with Gasteiger partial charge >= 0.3 is 0 Å². The fourth-order valence-corrected chi connectivity index (χ4v) is 5.64. The van der Waals surface area contributed by atoms with Crippen LogP contribution >= 0.6 is 11.3 Å². The lowest BCUT2D eigenvalue weighted by atomic mass is 10.0. The van der Waals surface area contributed by atoms with Crippen molar-refractivity contribution in [2.24, 2.45) is 0 Å². The molecule has 0 unspecified atom stereocenters. The SMILES string of the molecule is Cc1cc(-n2ccc3cc(C(=O)N4CC(N5CCN(C(=O)c6nccs6)CC5)C4)ccc32)cc(F)n1. The molecule has 184 valence electrons. The number of thiazole rings is 1. The second-order valence-corrected chi connectivity index (χ2v) is 10.2. The Labute approximate surface area is 211 Å². The predicted molar refractivity (Wildman–Crippen MR) is 135 cm³/mol. The number of rotatable bonds is 4. The highest BCUT2D eigenvalue weighted by atomic mass is 32.1. The summed E-state index contributed by atoms with van der Waals surface area (Å²) in [6, 6.07) is 11.1. The first-order valence-electron chi connectivity index (χ1n) is 11.9. The fourth-order valence-electron chi connectivity index (χ4n) is 5.04. The maximum Gasteiger partial charge on any atom is 0.282 e. The van der Waals surface area contributed by atoms with E-state index in [1.807, 2.05) is 56.3 Å². The molecule has 0 aliphatic carbocycles. The van der Waals surface area contributed by atoms with E-state index < -0.39 is 5.95 Å². The summed E-state index contributed by atoms with van der Waals surface area (Å²) in [6.07, 6.45) is 3.54. The van der Waals surface area contributed by atoms with Gasteiger partial charge in [0, 0.05) is 85.8 Å². The highest BCUT2D eigenvalue weighted by Crippen LogP contribution is 2.25. The van der Waals surface area contributed by atoms with Crippen molar-refractivity contribution in [1.82, 2.24) is 29.2 Å². The monoisotopic (exact) mass is 504 g/mol. The third-order valence-corrected chi connectivity index (χ3v) is 7.77. The number of nitrogens with zero attached hydrogens (tertiary/aromatic N) is 6. The highest BCUT2D eigenvalue weighted by Gasteiger charge is 2.37. The normalized spacial score (nSPS) is 16.9. The highest BCUT2D eigenvalue weighted by molar-refractivity contribution is 7.11. The maximum atomic E-state index is 13.8. The predicted octanol–water partition coefficient (Wildman–Crippen LogP) is 3.21. The van der Waals surface area contributed by atoms with E-state index in [1.54, 1.807) is 13.1 Å². The number of carbonyl (C=O) groups excluding carboxylic acids is 2. The number of amides is 2. The van der Waals surface area contributed by atoms with Crippen molar-refractivity contribution < 1.29 is 14.0 Å². The Morgan fingerprint density at radius 1 is 1.00 bits per heavy atom. The molecule has 2 aliphatic rings. The number of benzene rings is 1. The number of hydrogen-bond acceptors (Lipinski definition) is 6. The molecule has 0 atom stereocenters. The zero-order valence-electron chi connectivity index (χ0n) is 19.8. The average molecular weight is 505 g/mol. The van der Waals surface area contributed by atoms with Crippen LogP contribution < -0.4 is 0 Å². The molecule has 1 aromatic carbocycles. The van der Waals surface area contributed by atoms with E-state index in [0.29, 0.717) is 54.2 Å². The van der Waals surface area contributed by atoms with E-state index in [4.69, 9.17) is 0 Å². The van der Waals surface area contributed by atoms with Crippen molar-refractivity contribution in [1.29, 1.82) is 0 Å². The van der Waals surface area contributed by atoms with E-state index in [1.165, 1.54) is 17.4 Å². The number of aromatic nitrogens is 3. The molecule has 10 heteroatoms. The minimum atomic E-state index is -0.515. The van der Waals surface area contributed by atoms with Gasteiger partial charge in [-0.05, 0) is 37.3 Å². The molecule has 2 aliphatic heterocycles. The van der Waals surface area contributed by atoms with E-state index in [9.17, 15) is 14.0 Å². The largest absolute Gasteiger partial charge is 0.335 e. The lowest BCUT2D eigenvalue weighted by Gasteiger charge is -2.48. The molecule has 0 bridgehead atoms. The minimum absolute atomic E-state index is 0.00323. The van der Waals surface area contributed by atoms with Gasteiger partial charge in [-0.2, -0.15) is 4.39 Å². The van der Waals surface area contributed by atoms with E-state index >= 15 is 0 Å². The Balaban J connectivity index is 1.07. The van der Waals surface area contributed by atoms with Gasteiger partial charge in [-0.3, -0.25) is 14.5 Å². The van der Waals surface area contributed by atoms with Crippen LogP contribution in [0.4, 0.5) is 4.39 Å². The topological polar surface area (TPSA) is 74.6 Å². The van der Waals surface area contributed by atoms with Gasteiger partial charge in [0.05, 0.1) is 11.2 Å². The number of piperazine rings is 1. The number of fused-ring (bicyclic) bond motifs is 1. The van der Waals surface area contributed by atoms with Crippen LogP contribution in [0.2, 0.25) is 0 Å². The molecule has 0 radical (unpaired) electrons. The van der Waals surface area contributed by atoms with Crippen LogP contribution in [0.1, 0.15) is 25.9 Å². The summed E-state index contributed by atoms with van der Waals surface area (Å²) >= 11 is 1.37. The van der Waals surface area contributed by atoms with Crippen LogP contribution in [0.3, 0.4) is 0 Å². The molecule has 6 rings (SSSR count). The molecule has 2 fully saturated rings. The first-order valence-corrected chi connectivity index (χ1v) is 12.8. The number of halogens is 1. The number of likely N-dealkylation sites (tertiary alicyclic amines) is 1. The van der Waals surface area contributed by atoms with Gasteiger partial charge in [0.15, 0.2) is 5.01 Å². The van der Waals surface area contributed by atoms with Crippen molar-refractivity contribution in [3.05, 3.63) is 76.4 Å². The lowest BCUT2D eigenvalue weighted by molar-refractivity contribution is 0.00854. The van der Waals surface area contributed by atoms with Crippen LogP contribution in [0, 0.1) is 12.9 Å². The van der Waals surface area contributed by atoms with Gasteiger partial charge in [-0.15, -0.1) is 11.3 Å². The third-order valence-electron chi connectivity index (χ3n) is 7.00.